The fraction of sp³-hybridized carbons (Fsp3) is 0.316. The number of aliphatic hydroxyl groups is 1. The summed E-state index contributed by atoms with van der Waals surface area (Å²) in [7, 11) is 0. The maximum Gasteiger partial charge on any atom is 0.241 e. The zero-order valence-corrected chi connectivity index (χ0v) is 16.3. The molecule has 27 heavy (non-hydrogen) atoms. The molecule has 8 heteroatoms. The summed E-state index contributed by atoms with van der Waals surface area (Å²) in [6.45, 7) is 2.82. The first kappa shape index (κ1) is 21.3. The van der Waals surface area contributed by atoms with Crippen molar-refractivity contribution in [3.63, 3.8) is 0 Å². The van der Waals surface area contributed by atoms with Crippen LogP contribution in [0, 0.1) is 6.92 Å². The second kappa shape index (κ2) is 9.28. The van der Waals surface area contributed by atoms with Gasteiger partial charge in [0.25, 0.3) is 0 Å². The van der Waals surface area contributed by atoms with Crippen LogP contribution in [0.1, 0.15) is 28.8 Å². The summed E-state index contributed by atoms with van der Waals surface area (Å²) in [6, 6.07) is 9.89. The summed E-state index contributed by atoms with van der Waals surface area (Å²) in [5.41, 5.74) is 8.31. The third-order valence-corrected chi connectivity index (χ3v) is 4.47. The predicted octanol–water partition coefficient (Wildman–Crippen LogP) is 2.69. The second-order valence-corrected chi connectivity index (χ2v) is 6.58. The van der Waals surface area contributed by atoms with Gasteiger partial charge in [0.1, 0.15) is 19.3 Å². The van der Waals surface area contributed by atoms with Crippen molar-refractivity contribution in [1.82, 2.24) is 5.32 Å². The average Bonchev–Trinajstić information content (AvgIpc) is 2.65. The van der Waals surface area contributed by atoms with E-state index in [1.807, 2.05) is 31.2 Å². The zero-order valence-electron chi connectivity index (χ0n) is 14.8. The van der Waals surface area contributed by atoms with Crippen LogP contribution in [0.4, 0.5) is 0 Å². The van der Waals surface area contributed by atoms with E-state index in [9.17, 15) is 9.90 Å². The molecule has 2 unspecified atom stereocenters. The highest BCUT2D eigenvalue weighted by atomic mass is 35.5. The number of carbonyl (C=O) groups excluding carboxylic acids is 1. The van der Waals surface area contributed by atoms with Crippen LogP contribution in [-0.2, 0) is 4.79 Å². The maximum atomic E-state index is 12.2. The van der Waals surface area contributed by atoms with E-state index in [1.54, 1.807) is 12.1 Å². The first-order valence-corrected chi connectivity index (χ1v) is 8.70. The number of rotatable bonds is 5. The average molecular weight is 413 g/mol. The highest BCUT2D eigenvalue weighted by Gasteiger charge is 2.21. The van der Waals surface area contributed by atoms with Crippen molar-refractivity contribution in [3.05, 3.63) is 58.1 Å². The smallest absolute Gasteiger partial charge is 0.241 e. The zero-order chi connectivity index (χ0) is 18.7. The number of amides is 1. The third-order valence-electron chi connectivity index (χ3n) is 4.19. The van der Waals surface area contributed by atoms with Crippen molar-refractivity contribution in [3.8, 4) is 11.5 Å². The molecule has 146 valence electrons. The van der Waals surface area contributed by atoms with Crippen molar-refractivity contribution in [1.29, 1.82) is 0 Å². The molecule has 0 saturated carbocycles. The van der Waals surface area contributed by atoms with Gasteiger partial charge < -0.3 is 25.6 Å². The van der Waals surface area contributed by atoms with Crippen LogP contribution >= 0.6 is 24.0 Å². The topological polar surface area (TPSA) is 93.8 Å². The Kier molecular flexibility index (Phi) is 7.33. The Bertz CT molecular complexity index is 799. The highest BCUT2D eigenvalue weighted by Crippen LogP contribution is 2.39. The van der Waals surface area contributed by atoms with Gasteiger partial charge in [-0.3, -0.25) is 4.79 Å². The van der Waals surface area contributed by atoms with E-state index in [4.69, 9.17) is 26.8 Å². The van der Waals surface area contributed by atoms with Crippen LogP contribution in [0.2, 0.25) is 5.02 Å². The molecule has 0 spiro atoms. The quantitative estimate of drug-likeness (QED) is 0.701. The van der Waals surface area contributed by atoms with Gasteiger partial charge in [-0.05, 0) is 30.2 Å². The monoisotopic (exact) mass is 412 g/mol. The number of aliphatic hydroxyl groups excluding tert-OH is 1. The second-order valence-electron chi connectivity index (χ2n) is 6.18. The van der Waals surface area contributed by atoms with E-state index >= 15 is 0 Å². The predicted molar refractivity (Wildman–Crippen MR) is 106 cm³/mol. The Morgan fingerprint density at radius 2 is 1.89 bits per heavy atom. The number of fused-ring (bicyclic) bond motifs is 1. The molecule has 2 atom stereocenters. The number of nitrogens with two attached hydrogens (primary N) is 1. The number of ether oxygens (including phenoxy) is 2. The summed E-state index contributed by atoms with van der Waals surface area (Å²) < 4.78 is 10.9. The van der Waals surface area contributed by atoms with Gasteiger partial charge in [-0.25, -0.2) is 0 Å². The summed E-state index contributed by atoms with van der Waals surface area (Å²) in [5, 5.41) is 13.4. The number of halogens is 2. The first-order chi connectivity index (χ1) is 12.5. The van der Waals surface area contributed by atoms with Crippen LogP contribution in [-0.4, -0.2) is 30.8 Å². The Labute approximate surface area is 169 Å². The molecule has 3 rings (SSSR count). The molecule has 1 heterocycles. The lowest BCUT2D eigenvalue weighted by atomic mass is 10.0. The lowest BCUT2D eigenvalue weighted by molar-refractivity contribution is -0.122. The van der Waals surface area contributed by atoms with Crippen LogP contribution < -0.4 is 20.5 Å². The van der Waals surface area contributed by atoms with Gasteiger partial charge in [0.15, 0.2) is 11.5 Å². The molecule has 0 aliphatic carbocycles. The molecule has 0 aromatic heterocycles. The van der Waals surface area contributed by atoms with E-state index in [0.29, 0.717) is 40.9 Å². The molecule has 0 radical (unpaired) electrons. The molecule has 1 amide bonds. The standard InChI is InChI=1S/C19H21ClN2O4.ClH/c1-11-2-4-12(5-3-11)17(21)19(24)22-10-15(23)13-8-14(20)18-16(9-13)25-6-7-26-18;/h2-5,8-9,15,17,23H,6-7,10,21H2,1H3,(H,22,24);1H. The molecule has 6 nitrogen and oxygen atoms in total. The Balaban J connectivity index is 0.00000261. The van der Waals surface area contributed by atoms with Gasteiger partial charge in [-0.2, -0.15) is 0 Å². The fourth-order valence-electron chi connectivity index (χ4n) is 2.67. The number of carbonyl (C=O) groups is 1. The van der Waals surface area contributed by atoms with Gasteiger partial charge in [0.2, 0.25) is 5.91 Å². The Morgan fingerprint density at radius 3 is 2.59 bits per heavy atom. The number of nitrogens with one attached hydrogen (secondary N) is 1. The van der Waals surface area contributed by atoms with E-state index in [1.165, 1.54) is 0 Å². The van der Waals surface area contributed by atoms with Crippen LogP contribution in [0.25, 0.3) is 0 Å². The van der Waals surface area contributed by atoms with Crippen molar-refractivity contribution < 1.29 is 19.4 Å². The van der Waals surface area contributed by atoms with Gasteiger partial charge in [0.05, 0.1) is 11.1 Å². The Hall–Kier alpha value is -1.99. The van der Waals surface area contributed by atoms with Crippen molar-refractivity contribution >= 4 is 29.9 Å². The van der Waals surface area contributed by atoms with E-state index in [2.05, 4.69) is 5.32 Å². The largest absolute Gasteiger partial charge is 0.486 e. The van der Waals surface area contributed by atoms with Crippen molar-refractivity contribution in [2.24, 2.45) is 5.73 Å². The molecule has 0 fully saturated rings. The summed E-state index contributed by atoms with van der Waals surface area (Å²) in [6.07, 6.45) is -0.947. The molecule has 0 saturated heterocycles. The van der Waals surface area contributed by atoms with Crippen molar-refractivity contribution in [2.45, 2.75) is 19.1 Å². The molecular formula is C19H22Cl2N2O4. The number of hydrogen-bond donors (Lipinski definition) is 3. The van der Waals surface area contributed by atoms with Crippen LogP contribution in [0.3, 0.4) is 0 Å². The van der Waals surface area contributed by atoms with Crippen molar-refractivity contribution in [2.75, 3.05) is 19.8 Å². The summed E-state index contributed by atoms with van der Waals surface area (Å²) >= 11 is 6.17. The number of benzene rings is 2. The minimum Gasteiger partial charge on any atom is -0.486 e. The summed E-state index contributed by atoms with van der Waals surface area (Å²) in [4.78, 5) is 12.2. The lowest BCUT2D eigenvalue weighted by Crippen LogP contribution is -2.36. The van der Waals surface area contributed by atoms with Crippen LogP contribution in [0.15, 0.2) is 36.4 Å². The minimum absolute atomic E-state index is 0. The SMILES string of the molecule is Cc1ccc(C(N)C(=O)NCC(O)c2cc(Cl)c3c(c2)OCCO3)cc1.Cl. The van der Waals surface area contributed by atoms with Crippen LogP contribution in [0.5, 0.6) is 11.5 Å². The van der Waals surface area contributed by atoms with Gasteiger partial charge in [-0.1, -0.05) is 41.4 Å². The minimum atomic E-state index is -0.947. The molecule has 0 bridgehead atoms. The molecule has 2 aromatic rings. The molecular weight excluding hydrogens is 391 g/mol. The molecule has 1 aliphatic heterocycles. The molecule has 4 N–H and O–H groups in total. The number of hydrogen-bond acceptors (Lipinski definition) is 5. The normalized spacial score (nSPS) is 14.7. The fourth-order valence-corrected chi connectivity index (χ4v) is 2.95. The number of aryl methyl sites for hydroxylation is 1. The van der Waals surface area contributed by atoms with E-state index in [-0.39, 0.29) is 24.9 Å². The maximum absolute atomic E-state index is 12.2. The molecule has 1 aliphatic rings. The van der Waals surface area contributed by atoms with E-state index < -0.39 is 12.1 Å². The summed E-state index contributed by atoms with van der Waals surface area (Å²) in [5.74, 6) is 0.594. The van der Waals surface area contributed by atoms with Gasteiger partial charge >= 0.3 is 0 Å². The molecule has 2 aromatic carbocycles. The lowest BCUT2D eigenvalue weighted by Gasteiger charge is -2.22. The third kappa shape index (κ3) is 5.05. The van der Waals surface area contributed by atoms with Gasteiger partial charge in [0, 0.05) is 6.54 Å². The highest BCUT2D eigenvalue weighted by molar-refractivity contribution is 6.32. The van der Waals surface area contributed by atoms with Gasteiger partial charge in [-0.15, -0.1) is 12.4 Å². The van der Waals surface area contributed by atoms with E-state index in [0.717, 1.165) is 5.56 Å². The first-order valence-electron chi connectivity index (χ1n) is 8.32. The Morgan fingerprint density at radius 1 is 1.22 bits per heavy atom.